The number of hydrogen-bond acceptors (Lipinski definition) is 2. The highest BCUT2D eigenvalue weighted by molar-refractivity contribution is 5.51. The van der Waals surface area contributed by atoms with Crippen LogP contribution in [0.25, 0.3) is 0 Å². The molecule has 0 spiro atoms. The van der Waals surface area contributed by atoms with Gasteiger partial charge in [0.2, 0.25) is 0 Å². The lowest BCUT2D eigenvalue weighted by Gasteiger charge is -2.08. The number of rotatable bonds is 0. The fourth-order valence-electron chi connectivity index (χ4n) is 1.73. The summed E-state index contributed by atoms with van der Waals surface area (Å²) in [5.41, 5.74) is 2.76. The van der Waals surface area contributed by atoms with Gasteiger partial charge in [-0.1, -0.05) is 18.2 Å². The normalized spacial score (nSPS) is 17.5. The lowest BCUT2D eigenvalue weighted by atomic mass is 10.1. The van der Waals surface area contributed by atoms with Crippen molar-refractivity contribution in [2.45, 2.75) is 12.8 Å². The maximum atomic E-state index is 3.44. The van der Waals surface area contributed by atoms with Crippen LogP contribution >= 0.6 is 0 Å². The smallest absolute Gasteiger partial charge is 0.0373 e. The first-order chi connectivity index (χ1) is 6.47. The van der Waals surface area contributed by atoms with Gasteiger partial charge < -0.3 is 10.6 Å². The molecule has 0 amide bonds. The van der Waals surface area contributed by atoms with Crippen molar-refractivity contribution in [3.8, 4) is 0 Å². The molecule has 0 fully saturated rings. The fraction of sp³-hybridized carbons (Fsp3) is 0.455. The summed E-state index contributed by atoms with van der Waals surface area (Å²) in [5, 5.41) is 6.84. The number of benzene rings is 1. The van der Waals surface area contributed by atoms with Crippen molar-refractivity contribution in [2.75, 3.05) is 25.0 Å². The number of anilines is 1. The Morgan fingerprint density at radius 1 is 1.00 bits per heavy atom. The minimum atomic E-state index is 1.02. The van der Waals surface area contributed by atoms with Crippen LogP contribution in [0, 0.1) is 0 Å². The second kappa shape index (κ2) is 4.28. The van der Waals surface area contributed by atoms with Gasteiger partial charge in [-0.3, -0.25) is 0 Å². The Kier molecular flexibility index (Phi) is 2.82. The lowest BCUT2D eigenvalue weighted by Crippen LogP contribution is -2.22. The molecule has 1 aromatic carbocycles. The molecule has 13 heavy (non-hydrogen) atoms. The molecule has 0 saturated carbocycles. The number of aryl methyl sites for hydroxylation is 1. The molecule has 70 valence electrons. The van der Waals surface area contributed by atoms with Crippen LogP contribution in [-0.2, 0) is 6.42 Å². The van der Waals surface area contributed by atoms with Gasteiger partial charge in [0.1, 0.15) is 0 Å². The van der Waals surface area contributed by atoms with Gasteiger partial charge >= 0.3 is 0 Å². The van der Waals surface area contributed by atoms with E-state index >= 15 is 0 Å². The van der Waals surface area contributed by atoms with E-state index in [0.717, 1.165) is 19.6 Å². The maximum absolute atomic E-state index is 3.44. The van der Waals surface area contributed by atoms with Crippen LogP contribution in [0.2, 0.25) is 0 Å². The highest BCUT2D eigenvalue weighted by Gasteiger charge is 2.02. The molecule has 2 rings (SSSR count). The van der Waals surface area contributed by atoms with Crippen molar-refractivity contribution >= 4 is 5.69 Å². The minimum absolute atomic E-state index is 1.02. The van der Waals surface area contributed by atoms with Gasteiger partial charge in [-0.25, -0.2) is 0 Å². The Morgan fingerprint density at radius 2 is 1.92 bits per heavy atom. The molecule has 0 atom stereocenters. The van der Waals surface area contributed by atoms with Crippen molar-refractivity contribution in [1.82, 2.24) is 5.32 Å². The average molecular weight is 176 g/mol. The number of fused-ring (bicyclic) bond motifs is 1. The molecular formula is C11H16N2. The quantitative estimate of drug-likeness (QED) is 0.628. The second-order valence-electron chi connectivity index (χ2n) is 3.44. The van der Waals surface area contributed by atoms with Gasteiger partial charge in [0, 0.05) is 18.8 Å². The van der Waals surface area contributed by atoms with Crippen LogP contribution in [0.1, 0.15) is 12.0 Å². The Balaban J connectivity index is 2.17. The molecule has 0 aliphatic carbocycles. The number of hydrogen-bond donors (Lipinski definition) is 2. The molecule has 0 radical (unpaired) electrons. The number of nitrogens with one attached hydrogen (secondary N) is 2. The highest BCUT2D eigenvalue weighted by Crippen LogP contribution is 2.16. The predicted octanol–water partition coefficient (Wildman–Crippen LogP) is 1.63. The Hall–Kier alpha value is -1.02. The predicted molar refractivity (Wildman–Crippen MR) is 56.1 cm³/mol. The molecule has 0 unspecified atom stereocenters. The van der Waals surface area contributed by atoms with Crippen molar-refractivity contribution in [1.29, 1.82) is 0 Å². The monoisotopic (exact) mass is 176 g/mol. The fourth-order valence-corrected chi connectivity index (χ4v) is 1.73. The van der Waals surface area contributed by atoms with Crippen LogP contribution in [0.15, 0.2) is 24.3 Å². The topological polar surface area (TPSA) is 24.1 Å². The Bertz CT molecular complexity index is 244. The van der Waals surface area contributed by atoms with E-state index in [0.29, 0.717) is 0 Å². The molecule has 2 nitrogen and oxygen atoms in total. The van der Waals surface area contributed by atoms with E-state index in [1.807, 2.05) is 0 Å². The number of para-hydroxylation sites is 1. The third-order valence-electron chi connectivity index (χ3n) is 2.43. The van der Waals surface area contributed by atoms with Crippen molar-refractivity contribution in [3.63, 3.8) is 0 Å². The van der Waals surface area contributed by atoms with E-state index in [4.69, 9.17) is 0 Å². The van der Waals surface area contributed by atoms with Crippen LogP contribution in [0.4, 0.5) is 5.69 Å². The standard InChI is InChI=1S/C11H16N2/c1-2-6-11-10(4-1)5-3-7-12-8-9-13-11/h1-2,4,6,12-13H,3,5,7-9H2. The molecule has 1 aliphatic heterocycles. The van der Waals surface area contributed by atoms with Gasteiger partial charge in [0.05, 0.1) is 0 Å². The summed E-state index contributed by atoms with van der Waals surface area (Å²) in [5.74, 6) is 0. The average Bonchev–Trinajstić information content (AvgIpc) is 2.28. The van der Waals surface area contributed by atoms with E-state index in [1.54, 1.807) is 0 Å². The molecule has 0 aromatic heterocycles. The zero-order chi connectivity index (χ0) is 8.93. The SMILES string of the molecule is c1ccc2c(c1)CCCNCCN2. The van der Waals surface area contributed by atoms with Crippen molar-refractivity contribution < 1.29 is 0 Å². The summed E-state index contributed by atoms with van der Waals surface area (Å²) >= 11 is 0. The van der Waals surface area contributed by atoms with Crippen LogP contribution in [0.5, 0.6) is 0 Å². The van der Waals surface area contributed by atoms with Gasteiger partial charge in [0.15, 0.2) is 0 Å². The molecule has 2 N–H and O–H groups in total. The van der Waals surface area contributed by atoms with Crippen LogP contribution in [0.3, 0.4) is 0 Å². The lowest BCUT2D eigenvalue weighted by molar-refractivity contribution is 0.669. The van der Waals surface area contributed by atoms with E-state index in [2.05, 4.69) is 34.9 Å². The summed E-state index contributed by atoms with van der Waals surface area (Å²) in [6.07, 6.45) is 2.41. The first-order valence-corrected chi connectivity index (χ1v) is 4.99. The van der Waals surface area contributed by atoms with Crippen LogP contribution in [-0.4, -0.2) is 19.6 Å². The van der Waals surface area contributed by atoms with E-state index in [-0.39, 0.29) is 0 Å². The van der Waals surface area contributed by atoms with E-state index in [1.165, 1.54) is 24.1 Å². The van der Waals surface area contributed by atoms with E-state index in [9.17, 15) is 0 Å². The summed E-state index contributed by atoms with van der Waals surface area (Å²) in [4.78, 5) is 0. The molecule has 1 aromatic rings. The molecule has 0 saturated heterocycles. The molecule has 0 bridgehead atoms. The Labute approximate surface area is 79.4 Å². The minimum Gasteiger partial charge on any atom is -0.384 e. The maximum Gasteiger partial charge on any atom is 0.0373 e. The van der Waals surface area contributed by atoms with Crippen molar-refractivity contribution in [3.05, 3.63) is 29.8 Å². The molecule has 1 heterocycles. The first-order valence-electron chi connectivity index (χ1n) is 4.99. The van der Waals surface area contributed by atoms with Crippen LogP contribution < -0.4 is 10.6 Å². The van der Waals surface area contributed by atoms with Gasteiger partial charge in [0.25, 0.3) is 0 Å². The summed E-state index contributed by atoms with van der Waals surface area (Å²) in [6.45, 7) is 3.22. The van der Waals surface area contributed by atoms with E-state index < -0.39 is 0 Å². The first kappa shape index (κ1) is 8.57. The van der Waals surface area contributed by atoms with Gasteiger partial charge in [-0.2, -0.15) is 0 Å². The third-order valence-corrected chi connectivity index (χ3v) is 2.43. The highest BCUT2D eigenvalue weighted by atomic mass is 14.9. The largest absolute Gasteiger partial charge is 0.384 e. The second-order valence-corrected chi connectivity index (χ2v) is 3.44. The van der Waals surface area contributed by atoms with Gasteiger partial charge in [-0.05, 0) is 31.0 Å². The molecule has 1 aliphatic rings. The zero-order valence-electron chi connectivity index (χ0n) is 7.84. The third kappa shape index (κ3) is 2.22. The van der Waals surface area contributed by atoms with Gasteiger partial charge in [-0.15, -0.1) is 0 Å². The Morgan fingerprint density at radius 3 is 2.92 bits per heavy atom. The van der Waals surface area contributed by atoms with Crippen molar-refractivity contribution in [2.24, 2.45) is 0 Å². The summed E-state index contributed by atoms with van der Waals surface area (Å²) < 4.78 is 0. The summed E-state index contributed by atoms with van der Waals surface area (Å²) in [7, 11) is 0. The molecule has 2 heteroatoms. The molecular weight excluding hydrogens is 160 g/mol. The zero-order valence-corrected chi connectivity index (χ0v) is 7.84. The summed E-state index contributed by atoms with van der Waals surface area (Å²) in [6, 6.07) is 8.59.